The molecule has 0 N–H and O–H groups in total. The lowest BCUT2D eigenvalue weighted by Gasteiger charge is -2.19. The maximum atomic E-state index is 13.3. The van der Waals surface area contributed by atoms with Crippen LogP contribution in [0.4, 0.5) is 5.69 Å². The van der Waals surface area contributed by atoms with Crippen LogP contribution in [-0.4, -0.2) is 18.9 Å². The summed E-state index contributed by atoms with van der Waals surface area (Å²) < 4.78 is 6.23. The van der Waals surface area contributed by atoms with Gasteiger partial charge in [-0.3, -0.25) is 9.69 Å². The molecule has 3 aromatic carbocycles. The highest BCUT2D eigenvalue weighted by molar-refractivity contribution is 9.10. The molecule has 1 amide bonds. The van der Waals surface area contributed by atoms with Crippen LogP contribution in [0.25, 0.3) is 6.08 Å². The predicted octanol–water partition coefficient (Wildman–Crippen LogP) is 5.60. The van der Waals surface area contributed by atoms with E-state index in [0.29, 0.717) is 11.5 Å². The van der Waals surface area contributed by atoms with Crippen LogP contribution in [0.5, 0.6) is 5.75 Å². The molecule has 0 saturated carbocycles. The highest BCUT2D eigenvalue weighted by atomic mass is 79.9. The zero-order chi connectivity index (χ0) is 20.4. The zero-order valence-electron chi connectivity index (χ0n) is 16.1. The predicted molar refractivity (Wildman–Crippen MR) is 120 cm³/mol. The van der Waals surface area contributed by atoms with E-state index in [4.69, 9.17) is 9.73 Å². The summed E-state index contributed by atoms with van der Waals surface area (Å²) in [7, 11) is 1.62. The molecule has 0 aromatic heterocycles. The van der Waals surface area contributed by atoms with E-state index >= 15 is 0 Å². The number of aryl methyl sites for hydroxylation is 1. The summed E-state index contributed by atoms with van der Waals surface area (Å²) >= 11 is 3.43. The minimum atomic E-state index is -0.159. The second-order valence-electron chi connectivity index (χ2n) is 6.72. The molecule has 0 radical (unpaired) electrons. The average molecular weight is 447 g/mol. The molecule has 0 unspecified atom stereocenters. The number of amidine groups is 1. The number of anilines is 1. The molecule has 1 aliphatic rings. The van der Waals surface area contributed by atoms with Crippen molar-refractivity contribution in [2.24, 2.45) is 4.99 Å². The van der Waals surface area contributed by atoms with Crippen molar-refractivity contribution in [1.82, 2.24) is 0 Å². The molecular weight excluding hydrogens is 428 g/mol. The van der Waals surface area contributed by atoms with E-state index in [-0.39, 0.29) is 5.91 Å². The quantitative estimate of drug-likeness (QED) is 0.489. The smallest absolute Gasteiger partial charge is 0.282 e. The summed E-state index contributed by atoms with van der Waals surface area (Å²) in [4.78, 5) is 19.6. The minimum absolute atomic E-state index is 0.159. The van der Waals surface area contributed by atoms with Crippen molar-refractivity contribution in [3.63, 3.8) is 0 Å². The second-order valence-corrected chi connectivity index (χ2v) is 7.64. The van der Waals surface area contributed by atoms with Crippen LogP contribution in [0.3, 0.4) is 0 Å². The van der Waals surface area contributed by atoms with Gasteiger partial charge in [0, 0.05) is 10.0 Å². The normalized spacial score (nSPS) is 15.0. The van der Waals surface area contributed by atoms with Crippen molar-refractivity contribution in [2.45, 2.75) is 6.92 Å². The van der Waals surface area contributed by atoms with Gasteiger partial charge in [-0.2, -0.15) is 0 Å². The first kappa shape index (κ1) is 19.2. The minimum Gasteiger partial charge on any atom is -0.497 e. The van der Waals surface area contributed by atoms with E-state index in [1.165, 1.54) is 0 Å². The van der Waals surface area contributed by atoms with Gasteiger partial charge in [-0.15, -0.1) is 0 Å². The highest BCUT2D eigenvalue weighted by Crippen LogP contribution is 2.29. The van der Waals surface area contributed by atoms with Crippen LogP contribution in [-0.2, 0) is 4.79 Å². The number of hydrogen-bond donors (Lipinski definition) is 0. The molecule has 1 aliphatic heterocycles. The zero-order valence-corrected chi connectivity index (χ0v) is 17.7. The molecule has 0 spiro atoms. The molecule has 0 bridgehead atoms. The standard InChI is InChI=1S/C24H19BrN2O2/c1-16-3-7-18(8-4-16)23-26-22(15-17-5-9-19(25)10-6-17)24(28)27(23)20-11-13-21(29-2)14-12-20/h3-15H,1-2H3/b22-15-. The van der Waals surface area contributed by atoms with Crippen molar-refractivity contribution in [2.75, 3.05) is 12.0 Å². The first-order chi connectivity index (χ1) is 14.0. The topological polar surface area (TPSA) is 41.9 Å². The average Bonchev–Trinajstić information content (AvgIpc) is 3.06. The number of carbonyl (C=O) groups excluding carboxylic acids is 1. The molecule has 0 atom stereocenters. The van der Waals surface area contributed by atoms with E-state index in [1.807, 2.05) is 85.8 Å². The van der Waals surface area contributed by atoms with Crippen molar-refractivity contribution in [3.05, 3.63) is 99.7 Å². The number of hydrogen-bond acceptors (Lipinski definition) is 3. The maximum Gasteiger partial charge on any atom is 0.282 e. The van der Waals surface area contributed by atoms with Gasteiger partial charge >= 0.3 is 0 Å². The number of methoxy groups -OCH3 is 1. The molecule has 3 aromatic rings. The summed E-state index contributed by atoms with van der Waals surface area (Å²) in [5, 5.41) is 0. The van der Waals surface area contributed by atoms with E-state index in [2.05, 4.69) is 15.9 Å². The van der Waals surface area contributed by atoms with Gasteiger partial charge in [0.15, 0.2) is 0 Å². The van der Waals surface area contributed by atoms with Gasteiger partial charge in [0.05, 0.1) is 12.8 Å². The van der Waals surface area contributed by atoms with Gasteiger partial charge < -0.3 is 4.74 Å². The molecule has 0 saturated heterocycles. The number of halogens is 1. The van der Waals surface area contributed by atoms with Gasteiger partial charge in [-0.1, -0.05) is 57.9 Å². The third-order valence-corrected chi connectivity index (χ3v) is 5.20. The molecule has 0 aliphatic carbocycles. The Labute approximate surface area is 178 Å². The molecule has 144 valence electrons. The summed E-state index contributed by atoms with van der Waals surface area (Å²) in [6.45, 7) is 2.03. The van der Waals surface area contributed by atoms with Gasteiger partial charge in [-0.05, 0) is 55.0 Å². The third kappa shape index (κ3) is 4.00. The van der Waals surface area contributed by atoms with Crippen LogP contribution >= 0.6 is 15.9 Å². The third-order valence-electron chi connectivity index (χ3n) is 4.67. The SMILES string of the molecule is COc1ccc(N2C(=O)/C(=C/c3ccc(Br)cc3)N=C2c2ccc(C)cc2)cc1. The van der Waals surface area contributed by atoms with Crippen LogP contribution in [0.2, 0.25) is 0 Å². The monoisotopic (exact) mass is 446 g/mol. The number of benzene rings is 3. The first-order valence-electron chi connectivity index (χ1n) is 9.16. The first-order valence-corrected chi connectivity index (χ1v) is 9.96. The van der Waals surface area contributed by atoms with Crippen LogP contribution < -0.4 is 9.64 Å². The van der Waals surface area contributed by atoms with E-state index in [0.717, 1.165) is 32.6 Å². The Morgan fingerprint density at radius 2 is 1.59 bits per heavy atom. The van der Waals surface area contributed by atoms with E-state index in [9.17, 15) is 4.79 Å². The van der Waals surface area contributed by atoms with Crippen LogP contribution in [0.15, 0.2) is 88.0 Å². The van der Waals surface area contributed by atoms with E-state index < -0.39 is 0 Å². The molecule has 4 nitrogen and oxygen atoms in total. The lowest BCUT2D eigenvalue weighted by Crippen LogP contribution is -2.32. The molecule has 1 heterocycles. The molecule has 5 heteroatoms. The van der Waals surface area contributed by atoms with Crippen molar-refractivity contribution in [3.8, 4) is 5.75 Å². The lowest BCUT2D eigenvalue weighted by atomic mass is 10.1. The van der Waals surface area contributed by atoms with Crippen molar-refractivity contribution < 1.29 is 9.53 Å². The number of rotatable bonds is 4. The fourth-order valence-corrected chi connectivity index (χ4v) is 3.36. The Morgan fingerprint density at radius 1 is 0.931 bits per heavy atom. The number of nitrogens with zero attached hydrogens (tertiary/aromatic N) is 2. The fourth-order valence-electron chi connectivity index (χ4n) is 3.10. The highest BCUT2D eigenvalue weighted by Gasteiger charge is 2.32. The number of carbonyl (C=O) groups is 1. The summed E-state index contributed by atoms with van der Waals surface area (Å²) in [5.74, 6) is 1.19. The van der Waals surface area contributed by atoms with Crippen LogP contribution in [0.1, 0.15) is 16.7 Å². The summed E-state index contributed by atoms with van der Waals surface area (Å²) in [5.41, 5.74) is 4.10. The number of aliphatic imine (C=N–C) groups is 1. The van der Waals surface area contributed by atoms with Gasteiger partial charge in [-0.25, -0.2) is 4.99 Å². The number of ether oxygens (including phenoxy) is 1. The largest absolute Gasteiger partial charge is 0.497 e. The fraction of sp³-hybridized carbons (Fsp3) is 0.0833. The Kier molecular flexibility index (Phi) is 5.32. The Hall–Kier alpha value is -3.18. The van der Waals surface area contributed by atoms with Gasteiger partial charge in [0.1, 0.15) is 17.3 Å². The second kappa shape index (κ2) is 8.05. The van der Waals surface area contributed by atoms with Gasteiger partial charge in [0.2, 0.25) is 0 Å². The van der Waals surface area contributed by atoms with Gasteiger partial charge in [0.25, 0.3) is 5.91 Å². The molecule has 29 heavy (non-hydrogen) atoms. The lowest BCUT2D eigenvalue weighted by molar-refractivity contribution is -0.113. The molecule has 0 fully saturated rings. The molecular formula is C24H19BrN2O2. The van der Waals surface area contributed by atoms with Crippen LogP contribution in [0, 0.1) is 6.92 Å². The Balaban J connectivity index is 1.79. The van der Waals surface area contributed by atoms with Crippen molar-refractivity contribution in [1.29, 1.82) is 0 Å². The molecule has 4 rings (SSSR count). The summed E-state index contributed by atoms with van der Waals surface area (Å²) in [6.07, 6.45) is 1.81. The summed E-state index contributed by atoms with van der Waals surface area (Å²) in [6, 6.07) is 23.2. The number of amides is 1. The maximum absolute atomic E-state index is 13.3. The van der Waals surface area contributed by atoms with E-state index in [1.54, 1.807) is 12.0 Å². The Bertz CT molecular complexity index is 1100. The Morgan fingerprint density at radius 3 is 2.21 bits per heavy atom. The van der Waals surface area contributed by atoms with Crippen molar-refractivity contribution >= 4 is 39.4 Å².